The Labute approximate surface area is 110 Å². The zero-order valence-corrected chi connectivity index (χ0v) is 11.5. The van der Waals surface area contributed by atoms with Crippen LogP contribution < -0.4 is 10.1 Å². The van der Waals surface area contributed by atoms with Crippen molar-refractivity contribution in [3.05, 3.63) is 24.0 Å². The second kappa shape index (κ2) is 6.74. The molecule has 0 amide bonds. The quantitative estimate of drug-likeness (QED) is 0.814. The third-order valence-electron chi connectivity index (χ3n) is 3.77. The maximum atomic E-state index is 5.72. The van der Waals surface area contributed by atoms with Gasteiger partial charge in [0.05, 0.1) is 5.69 Å². The fourth-order valence-corrected chi connectivity index (χ4v) is 2.51. The van der Waals surface area contributed by atoms with Gasteiger partial charge in [0.2, 0.25) is 0 Å². The minimum Gasteiger partial charge on any atom is -0.490 e. The van der Waals surface area contributed by atoms with Crippen molar-refractivity contribution in [1.29, 1.82) is 0 Å². The largest absolute Gasteiger partial charge is 0.490 e. The summed E-state index contributed by atoms with van der Waals surface area (Å²) in [5.41, 5.74) is 0.962. The van der Waals surface area contributed by atoms with Crippen LogP contribution >= 0.6 is 0 Å². The maximum absolute atomic E-state index is 5.72. The summed E-state index contributed by atoms with van der Waals surface area (Å²) >= 11 is 0. The van der Waals surface area contributed by atoms with E-state index in [1.54, 1.807) is 6.20 Å². The molecule has 0 atom stereocenters. The van der Waals surface area contributed by atoms with Crippen LogP contribution in [0.15, 0.2) is 18.3 Å². The molecular weight excluding hydrogens is 224 g/mol. The summed E-state index contributed by atoms with van der Waals surface area (Å²) in [6.45, 7) is 5.97. The number of pyridine rings is 1. The van der Waals surface area contributed by atoms with Crippen LogP contribution in [0.25, 0.3) is 0 Å². The molecule has 0 saturated heterocycles. The van der Waals surface area contributed by atoms with Gasteiger partial charge in [-0.1, -0.05) is 6.92 Å². The maximum Gasteiger partial charge on any atom is 0.140 e. The first-order valence-electron chi connectivity index (χ1n) is 7.03. The van der Waals surface area contributed by atoms with E-state index in [-0.39, 0.29) is 0 Å². The highest BCUT2D eigenvalue weighted by Gasteiger charge is 2.17. The minimum atomic E-state index is 0.694. The summed E-state index contributed by atoms with van der Waals surface area (Å²) in [4.78, 5) is 4.21. The van der Waals surface area contributed by atoms with Gasteiger partial charge in [0, 0.05) is 18.8 Å². The van der Waals surface area contributed by atoms with E-state index < -0.39 is 0 Å². The molecule has 1 saturated carbocycles. The number of hydrogen-bond donors (Lipinski definition) is 1. The standard InChI is InChI=1S/C15H24N2O/c1-12-5-7-14(8-6-12)17-10-11-18-15-4-3-9-16-13(15)2/h3-4,9,12,14,17H,5-8,10-11H2,1-2H3. The lowest BCUT2D eigenvalue weighted by Crippen LogP contribution is -2.35. The molecule has 0 spiro atoms. The monoisotopic (exact) mass is 248 g/mol. The van der Waals surface area contributed by atoms with E-state index >= 15 is 0 Å². The van der Waals surface area contributed by atoms with Crippen molar-refractivity contribution in [2.75, 3.05) is 13.2 Å². The molecule has 0 radical (unpaired) electrons. The molecule has 0 aromatic carbocycles. The summed E-state index contributed by atoms with van der Waals surface area (Å²) < 4.78 is 5.72. The highest BCUT2D eigenvalue weighted by Crippen LogP contribution is 2.23. The highest BCUT2D eigenvalue weighted by atomic mass is 16.5. The van der Waals surface area contributed by atoms with Crippen LogP contribution in [0, 0.1) is 12.8 Å². The molecule has 0 unspecified atom stereocenters. The second-order valence-electron chi connectivity index (χ2n) is 5.35. The van der Waals surface area contributed by atoms with Gasteiger partial charge in [-0.2, -0.15) is 0 Å². The Bertz CT molecular complexity index is 359. The van der Waals surface area contributed by atoms with Gasteiger partial charge in [-0.25, -0.2) is 0 Å². The Hall–Kier alpha value is -1.09. The summed E-state index contributed by atoms with van der Waals surface area (Å²) in [5.74, 6) is 1.81. The molecule has 100 valence electrons. The molecule has 2 rings (SSSR count). The Balaban J connectivity index is 1.63. The topological polar surface area (TPSA) is 34.1 Å². The molecule has 0 bridgehead atoms. The van der Waals surface area contributed by atoms with Crippen molar-refractivity contribution in [3.8, 4) is 5.75 Å². The molecule has 18 heavy (non-hydrogen) atoms. The Morgan fingerprint density at radius 1 is 1.33 bits per heavy atom. The Morgan fingerprint density at radius 3 is 2.83 bits per heavy atom. The highest BCUT2D eigenvalue weighted by molar-refractivity contribution is 5.25. The van der Waals surface area contributed by atoms with Crippen LogP contribution in [0.5, 0.6) is 5.75 Å². The van der Waals surface area contributed by atoms with Gasteiger partial charge in [-0.3, -0.25) is 4.98 Å². The number of aryl methyl sites for hydroxylation is 1. The van der Waals surface area contributed by atoms with Crippen molar-refractivity contribution in [3.63, 3.8) is 0 Å². The number of nitrogens with zero attached hydrogens (tertiary/aromatic N) is 1. The van der Waals surface area contributed by atoms with Crippen molar-refractivity contribution >= 4 is 0 Å². The Morgan fingerprint density at radius 2 is 2.11 bits per heavy atom. The molecule has 1 aromatic rings. The van der Waals surface area contributed by atoms with E-state index in [9.17, 15) is 0 Å². The van der Waals surface area contributed by atoms with E-state index in [0.717, 1.165) is 30.5 Å². The van der Waals surface area contributed by atoms with Crippen molar-refractivity contribution < 1.29 is 4.74 Å². The van der Waals surface area contributed by atoms with Crippen LogP contribution in [0.1, 0.15) is 38.3 Å². The Kier molecular flexibility index (Phi) is 5.00. The zero-order chi connectivity index (χ0) is 12.8. The van der Waals surface area contributed by atoms with Gasteiger partial charge in [0.25, 0.3) is 0 Å². The molecule has 1 N–H and O–H groups in total. The zero-order valence-electron chi connectivity index (χ0n) is 11.5. The van der Waals surface area contributed by atoms with Crippen molar-refractivity contribution in [1.82, 2.24) is 10.3 Å². The van der Waals surface area contributed by atoms with Gasteiger partial charge in [-0.05, 0) is 50.7 Å². The van der Waals surface area contributed by atoms with Crippen LogP contribution in [0.3, 0.4) is 0 Å². The molecule has 0 aliphatic heterocycles. The van der Waals surface area contributed by atoms with Gasteiger partial charge in [0.15, 0.2) is 0 Å². The average molecular weight is 248 g/mol. The first-order chi connectivity index (χ1) is 8.75. The van der Waals surface area contributed by atoms with Crippen molar-refractivity contribution in [2.24, 2.45) is 5.92 Å². The number of aromatic nitrogens is 1. The third kappa shape index (κ3) is 3.98. The smallest absolute Gasteiger partial charge is 0.140 e. The molecule has 1 fully saturated rings. The predicted octanol–water partition coefficient (Wildman–Crippen LogP) is 2.94. The molecule has 1 aromatic heterocycles. The SMILES string of the molecule is Cc1ncccc1OCCNC1CCC(C)CC1. The molecular formula is C15H24N2O. The van der Waals surface area contributed by atoms with Crippen LogP contribution in [0.4, 0.5) is 0 Å². The number of nitrogens with one attached hydrogen (secondary N) is 1. The normalized spacial score (nSPS) is 23.9. The van der Waals surface area contributed by atoms with E-state index in [4.69, 9.17) is 4.74 Å². The fraction of sp³-hybridized carbons (Fsp3) is 0.667. The van der Waals surface area contributed by atoms with Crippen LogP contribution in [0.2, 0.25) is 0 Å². The summed E-state index contributed by atoms with van der Waals surface area (Å²) in [6.07, 6.45) is 7.14. The van der Waals surface area contributed by atoms with Crippen molar-refractivity contribution in [2.45, 2.75) is 45.6 Å². The first kappa shape index (κ1) is 13.3. The molecule has 3 nitrogen and oxygen atoms in total. The van der Waals surface area contributed by atoms with Gasteiger partial charge < -0.3 is 10.1 Å². The molecule has 3 heteroatoms. The van der Waals surface area contributed by atoms with Gasteiger partial charge in [-0.15, -0.1) is 0 Å². The molecule has 1 heterocycles. The second-order valence-corrected chi connectivity index (χ2v) is 5.35. The summed E-state index contributed by atoms with van der Waals surface area (Å²) in [6, 6.07) is 4.59. The van der Waals surface area contributed by atoms with E-state index in [0.29, 0.717) is 6.04 Å². The van der Waals surface area contributed by atoms with Crippen LogP contribution in [-0.2, 0) is 0 Å². The number of hydrogen-bond acceptors (Lipinski definition) is 3. The summed E-state index contributed by atoms with van der Waals surface area (Å²) in [7, 11) is 0. The van der Waals surface area contributed by atoms with Gasteiger partial charge in [0.1, 0.15) is 12.4 Å². The lowest BCUT2D eigenvalue weighted by molar-refractivity contribution is 0.269. The fourth-order valence-electron chi connectivity index (χ4n) is 2.51. The number of rotatable bonds is 5. The first-order valence-corrected chi connectivity index (χ1v) is 7.03. The van der Waals surface area contributed by atoms with Gasteiger partial charge >= 0.3 is 0 Å². The average Bonchev–Trinajstić information content (AvgIpc) is 2.39. The lowest BCUT2D eigenvalue weighted by Gasteiger charge is -2.27. The third-order valence-corrected chi connectivity index (χ3v) is 3.77. The minimum absolute atomic E-state index is 0.694. The predicted molar refractivity (Wildman–Crippen MR) is 73.9 cm³/mol. The van der Waals surface area contributed by atoms with E-state index in [1.807, 2.05) is 19.1 Å². The summed E-state index contributed by atoms with van der Waals surface area (Å²) in [5, 5.41) is 3.59. The van der Waals surface area contributed by atoms with E-state index in [1.165, 1.54) is 25.7 Å². The van der Waals surface area contributed by atoms with Crippen LogP contribution in [-0.4, -0.2) is 24.2 Å². The molecule has 1 aliphatic carbocycles. The lowest BCUT2D eigenvalue weighted by atomic mass is 9.87. The number of ether oxygens (including phenoxy) is 1. The molecule has 1 aliphatic rings. The van der Waals surface area contributed by atoms with E-state index in [2.05, 4.69) is 17.2 Å².